The van der Waals surface area contributed by atoms with Gasteiger partial charge in [-0.05, 0) is 35.1 Å². The van der Waals surface area contributed by atoms with E-state index in [4.69, 9.17) is 14.6 Å². The molecule has 1 aliphatic carbocycles. The molecule has 0 bridgehead atoms. The van der Waals surface area contributed by atoms with Crippen molar-refractivity contribution in [2.24, 2.45) is 0 Å². The van der Waals surface area contributed by atoms with E-state index in [1.54, 1.807) is 7.11 Å². The number of aliphatic hydroxyl groups excluding tert-OH is 1. The maximum absolute atomic E-state index is 12.6. The first-order valence-corrected chi connectivity index (χ1v) is 11.2. The van der Waals surface area contributed by atoms with Crippen molar-refractivity contribution in [3.8, 4) is 11.1 Å². The van der Waals surface area contributed by atoms with Gasteiger partial charge in [0.25, 0.3) is 0 Å². The molecule has 0 saturated heterocycles. The van der Waals surface area contributed by atoms with Gasteiger partial charge in [0, 0.05) is 32.6 Å². The molecular formula is C25H30N2O7. The summed E-state index contributed by atoms with van der Waals surface area (Å²) in [4.78, 5) is 35.9. The minimum Gasteiger partial charge on any atom is -0.479 e. The molecule has 0 aromatic heterocycles. The Bertz CT molecular complexity index is 965. The number of carbonyl (C=O) groups is 3. The van der Waals surface area contributed by atoms with Crippen LogP contribution < -0.4 is 10.6 Å². The number of carboxylic acid groups (broad SMARTS) is 1. The number of carboxylic acids is 1. The zero-order chi connectivity index (χ0) is 24.5. The third-order valence-corrected chi connectivity index (χ3v) is 5.80. The summed E-state index contributed by atoms with van der Waals surface area (Å²) in [5, 5.41) is 23.2. The monoisotopic (exact) mass is 470 g/mol. The maximum Gasteiger partial charge on any atom is 0.407 e. The summed E-state index contributed by atoms with van der Waals surface area (Å²) in [6, 6.07) is 15.1. The van der Waals surface area contributed by atoms with Crippen LogP contribution >= 0.6 is 0 Å². The summed E-state index contributed by atoms with van der Waals surface area (Å²) in [5.41, 5.74) is 4.41. The first kappa shape index (κ1) is 25.2. The minimum absolute atomic E-state index is 0.0422. The van der Waals surface area contributed by atoms with Gasteiger partial charge in [-0.2, -0.15) is 0 Å². The Labute approximate surface area is 198 Å². The lowest BCUT2D eigenvalue weighted by atomic mass is 9.98. The lowest BCUT2D eigenvalue weighted by Crippen LogP contribution is -2.47. The number of hydrogen-bond acceptors (Lipinski definition) is 6. The summed E-state index contributed by atoms with van der Waals surface area (Å²) in [5.74, 6) is -1.94. The molecule has 0 fully saturated rings. The fourth-order valence-corrected chi connectivity index (χ4v) is 4.06. The molecule has 182 valence electrons. The van der Waals surface area contributed by atoms with E-state index in [1.807, 2.05) is 48.5 Å². The van der Waals surface area contributed by atoms with Gasteiger partial charge < -0.3 is 30.3 Å². The van der Waals surface area contributed by atoms with Gasteiger partial charge in [-0.1, -0.05) is 48.5 Å². The molecule has 9 nitrogen and oxygen atoms in total. The minimum atomic E-state index is -1.57. The van der Waals surface area contributed by atoms with Crippen LogP contribution in [-0.2, 0) is 19.1 Å². The van der Waals surface area contributed by atoms with Crippen molar-refractivity contribution in [2.75, 3.05) is 26.9 Å². The van der Waals surface area contributed by atoms with Crippen LogP contribution in [0.15, 0.2) is 48.5 Å². The van der Waals surface area contributed by atoms with Gasteiger partial charge in [-0.3, -0.25) is 4.79 Å². The zero-order valence-electron chi connectivity index (χ0n) is 19.0. The predicted molar refractivity (Wildman–Crippen MR) is 124 cm³/mol. The number of aliphatic hydroxyl groups is 1. The fraction of sp³-hybridized carbons (Fsp3) is 0.400. The fourth-order valence-electron chi connectivity index (χ4n) is 4.06. The van der Waals surface area contributed by atoms with Gasteiger partial charge >= 0.3 is 12.1 Å². The van der Waals surface area contributed by atoms with Crippen molar-refractivity contribution in [3.05, 3.63) is 59.7 Å². The van der Waals surface area contributed by atoms with Gasteiger partial charge in [0.1, 0.15) is 12.6 Å². The third-order valence-electron chi connectivity index (χ3n) is 5.80. The molecule has 0 aliphatic heterocycles. The predicted octanol–water partition coefficient (Wildman–Crippen LogP) is 2.27. The summed E-state index contributed by atoms with van der Waals surface area (Å²) in [6.45, 7) is 0.490. The summed E-state index contributed by atoms with van der Waals surface area (Å²) in [7, 11) is 1.54. The Morgan fingerprint density at radius 3 is 2.21 bits per heavy atom. The molecular weight excluding hydrogens is 440 g/mol. The van der Waals surface area contributed by atoms with Crippen LogP contribution in [0, 0.1) is 0 Å². The molecule has 2 amide bonds. The second-order valence-electron chi connectivity index (χ2n) is 8.09. The Morgan fingerprint density at radius 1 is 1.00 bits per heavy atom. The van der Waals surface area contributed by atoms with E-state index in [0.717, 1.165) is 22.3 Å². The molecule has 2 aromatic rings. The standard InChI is InChI=1S/C25H30N2O7/c1-33-14-6-11-21(23(29)26-13-12-22(28)24(30)31)27-25(32)34-15-20-18-9-4-2-7-16(18)17-8-3-5-10-19(17)20/h2-5,7-10,20-22,28H,6,11-15H2,1H3,(H,26,29)(H,27,32)(H,30,31)/t21?,22-/m0/s1. The lowest BCUT2D eigenvalue weighted by molar-refractivity contribution is -0.147. The number of aliphatic carboxylic acids is 1. The third kappa shape index (κ3) is 6.33. The number of hydrogen-bond donors (Lipinski definition) is 4. The quantitative estimate of drug-likeness (QED) is 0.350. The maximum atomic E-state index is 12.6. The normalized spacial score (nSPS) is 13.9. The van der Waals surface area contributed by atoms with Gasteiger partial charge in [0.2, 0.25) is 5.91 Å². The first-order valence-electron chi connectivity index (χ1n) is 11.2. The molecule has 1 unspecified atom stereocenters. The average Bonchev–Trinajstić information content (AvgIpc) is 3.15. The van der Waals surface area contributed by atoms with Crippen molar-refractivity contribution in [1.29, 1.82) is 0 Å². The van der Waals surface area contributed by atoms with E-state index in [2.05, 4.69) is 10.6 Å². The summed E-state index contributed by atoms with van der Waals surface area (Å²) in [6.07, 6.45) is -1.59. The number of ether oxygens (including phenoxy) is 2. The number of methoxy groups -OCH3 is 1. The SMILES string of the molecule is COCCCC(NC(=O)OCC1c2ccccc2-c2ccccc21)C(=O)NCC[C@H](O)C(=O)O. The summed E-state index contributed by atoms with van der Waals surface area (Å²) < 4.78 is 10.5. The van der Waals surface area contributed by atoms with Crippen LogP contribution in [0.5, 0.6) is 0 Å². The molecule has 1 aliphatic rings. The molecule has 2 aromatic carbocycles. The molecule has 0 heterocycles. The van der Waals surface area contributed by atoms with E-state index >= 15 is 0 Å². The molecule has 0 spiro atoms. The highest BCUT2D eigenvalue weighted by Gasteiger charge is 2.29. The molecule has 0 radical (unpaired) electrons. The van der Waals surface area contributed by atoms with Crippen molar-refractivity contribution in [3.63, 3.8) is 0 Å². The Kier molecular flexibility index (Phi) is 9.00. The topological polar surface area (TPSA) is 134 Å². The molecule has 2 atom stereocenters. The number of benzene rings is 2. The zero-order valence-corrected chi connectivity index (χ0v) is 19.0. The molecule has 34 heavy (non-hydrogen) atoms. The highest BCUT2D eigenvalue weighted by atomic mass is 16.5. The number of amides is 2. The average molecular weight is 471 g/mol. The lowest BCUT2D eigenvalue weighted by Gasteiger charge is -2.20. The van der Waals surface area contributed by atoms with E-state index in [9.17, 15) is 19.5 Å². The number of nitrogens with one attached hydrogen (secondary N) is 2. The van der Waals surface area contributed by atoms with Crippen molar-refractivity contribution >= 4 is 18.0 Å². The van der Waals surface area contributed by atoms with E-state index in [-0.39, 0.29) is 25.5 Å². The Morgan fingerprint density at radius 2 is 1.62 bits per heavy atom. The van der Waals surface area contributed by atoms with Crippen molar-refractivity contribution in [1.82, 2.24) is 10.6 Å². The van der Waals surface area contributed by atoms with Crippen molar-refractivity contribution < 1.29 is 34.1 Å². The molecule has 3 rings (SSSR count). The van der Waals surface area contributed by atoms with E-state index in [0.29, 0.717) is 19.4 Å². The highest BCUT2D eigenvalue weighted by Crippen LogP contribution is 2.44. The van der Waals surface area contributed by atoms with E-state index in [1.165, 1.54) is 0 Å². The van der Waals surface area contributed by atoms with Crippen LogP contribution in [0.3, 0.4) is 0 Å². The van der Waals surface area contributed by atoms with Gasteiger partial charge in [0.15, 0.2) is 6.10 Å². The van der Waals surface area contributed by atoms with Gasteiger partial charge in [-0.25, -0.2) is 9.59 Å². The number of alkyl carbamates (subject to hydrolysis) is 1. The van der Waals surface area contributed by atoms with Crippen molar-refractivity contribution in [2.45, 2.75) is 37.3 Å². The number of carbonyl (C=O) groups excluding carboxylic acids is 2. The summed E-state index contributed by atoms with van der Waals surface area (Å²) >= 11 is 0. The van der Waals surface area contributed by atoms with Crippen LogP contribution in [0.4, 0.5) is 4.79 Å². The van der Waals surface area contributed by atoms with Gasteiger partial charge in [-0.15, -0.1) is 0 Å². The second kappa shape index (κ2) is 12.2. The van der Waals surface area contributed by atoms with Crippen LogP contribution in [-0.4, -0.2) is 67.2 Å². The van der Waals surface area contributed by atoms with Crippen LogP contribution in [0.2, 0.25) is 0 Å². The highest BCUT2D eigenvalue weighted by molar-refractivity contribution is 5.85. The molecule has 0 saturated carbocycles. The first-order chi connectivity index (χ1) is 16.4. The van der Waals surface area contributed by atoms with Gasteiger partial charge in [0.05, 0.1) is 0 Å². The smallest absolute Gasteiger partial charge is 0.407 e. The molecule has 4 N–H and O–H groups in total. The van der Waals surface area contributed by atoms with E-state index < -0.39 is 30.1 Å². The second-order valence-corrected chi connectivity index (χ2v) is 8.09. The number of rotatable bonds is 12. The Balaban J connectivity index is 1.58. The van der Waals surface area contributed by atoms with Crippen LogP contribution in [0.25, 0.3) is 11.1 Å². The molecule has 9 heteroatoms. The number of fused-ring (bicyclic) bond motifs is 3. The largest absolute Gasteiger partial charge is 0.479 e. The Hall–Kier alpha value is -3.43. The van der Waals surface area contributed by atoms with Crippen LogP contribution in [0.1, 0.15) is 36.3 Å².